The maximum Gasteiger partial charge on any atom is 0.335 e. The van der Waals surface area contributed by atoms with E-state index in [2.05, 4.69) is 9.98 Å². The zero-order valence-corrected chi connectivity index (χ0v) is 10.2. The van der Waals surface area contributed by atoms with Crippen LogP contribution in [0.1, 0.15) is 18.7 Å². The molecule has 0 amide bonds. The molecule has 96 valence electrons. The van der Waals surface area contributed by atoms with E-state index in [9.17, 15) is 4.79 Å². The number of ether oxygens (including phenoxy) is 3. The third-order valence-corrected chi connectivity index (χ3v) is 2.49. The summed E-state index contributed by atoms with van der Waals surface area (Å²) < 4.78 is 15.3. The fraction of sp³-hybridized carbons (Fsp3) is 0.417. The average molecular weight is 250 g/mol. The van der Waals surface area contributed by atoms with Crippen molar-refractivity contribution in [1.29, 1.82) is 0 Å². The van der Waals surface area contributed by atoms with E-state index in [4.69, 9.17) is 14.2 Å². The lowest BCUT2D eigenvalue weighted by Crippen LogP contribution is -2.26. The van der Waals surface area contributed by atoms with Crippen LogP contribution >= 0.6 is 0 Å². The third kappa shape index (κ3) is 2.42. The van der Waals surface area contributed by atoms with Crippen LogP contribution in [-0.2, 0) is 14.3 Å². The Morgan fingerprint density at radius 1 is 1.50 bits per heavy atom. The van der Waals surface area contributed by atoms with Crippen molar-refractivity contribution in [2.75, 3.05) is 13.7 Å². The molecular weight excluding hydrogens is 236 g/mol. The van der Waals surface area contributed by atoms with E-state index in [1.165, 1.54) is 13.5 Å². The van der Waals surface area contributed by atoms with Gasteiger partial charge in [-0.25, -0.2) is 14.8 Å². The highest BCUT2D eigenvalue weighted by Gasteiger charge is 2.36. The van der Waals surface area contributed by atoms with Gasteiger partial charge >= 0.3 is 5.97 Å². The number of methoxy groups -OCH3 is 1. The summed E-state index contributed by atoms with van der Waals surface area (Å²) in [4.78, 5) is 19.9. The smallest absolute Gasteiger partial charge is 0.335 e. The topological polar surface area (TPSA) is 70.0 Å². The summed E-state index contributed by atoms with van der Waals surface area (Å²) in [6.45, 7) is 2.05. The number of aliphatic imine (C=N–C) groups is 1. The molecule has 0 bridgehead atoms. The summed E-state index contributed by atoms with van der Waals surface area (Å²) in [6, 6.07) is 4.56. The first-order valence-corrected chi connectivity index (χ1v) is 5.61. The molecule has 0 saturated carbocycles. The molecule has 0 unspecified atom stereocenters. The lowest BCUT2D eigenvalue weighted by atomic mass is 10.1. The Morgan fingerprint density at radius 3 is 3.06 bits per heavy atom. The molecule has 1 aliphatic heterocycles. The Bertz CT molecular complexity index is 461. The van der Waals surface area contributed by atoms with E-state index in [1.807, 2.05) is 0 Å². The second-order valence-corrected chi connectivity index (χ2v) is 3.61. The summed E-state index contributed by atoms with van der Waals surface area (Å²) in [5, 5.41) is 0. The van der Waals surface area contributed by atoms with Gasteiger partial charge in [-0.2, -0.15) is 0 Å². The molecule has 18 heavy (non-hydrogen) atoms. The molecule has 0 spiro atoms. The van der Waals surface area contributed by atoms with Gasteiger partial charge in [-0.3, -0.25) is 0 Å². The number of aromatic nitrogens is 1. The Balaban J connectivity index is 2.19. The van der Waals surface area contributed by atoms with Crippen LogP contribution in [0, 0.1) is 0 Å². The predicted octanol–water partition coefficient (Wildman–Crippen LogP) is 1.12. The summed E-state index contributed by atoms with van der Waals surface area (Å²) in [7, 11) is 1.53. The van der Waals surface area contributed by atoms with E-state index in [-0.39, 0.29) is 0 Å². The zero-order valence-electron chi connectivity index (χ0n) is 10.2. The summed E-state index contributed by atoms with van der Waals surface area (Å²) in [6.07, 6.45) is 0.701. The van der Waals surface area contributed by atoms with E-state index >= 15 is 0 Å². The maximum absolute atomic E-state index is 11.7. The summed E-state index contributed by atoms with van der Waals surface area (Å²) in [5.41, 5.74) is 0.588. The van der Waals surface area contributed by atoms with Crippen molar-refractivity contribution in [3.8, 4) is 5.88 Å². The number of nitrogens with zero attached hydrogens (tertiary/aromatic N) is 2. The molecule has 0 aromatic carbocycles. The highest BCUT2D eigenvalue weighted by molar-refractivity contribution is 5.80. The fourth-order valence-corrected chi connectivity index (χ4v) is 1.67. The van der Waals surface area contributed by atoms with Gasteiger partial charge in [-0.15, -0.1) is 0 Å². The van der Waals surface area contributed by atoms with Gasteiger partial charge in [0.15, 0.2) is 18.5 Å². The van der Waals surface area contributed by atoms with Crippen LogP contribution in [0.2, 0.25) is 0 Å². The molecule has 0 radical (unpaired) electrons. The van der Waals surface area contributed by atoms with E-state index < -0.39 is 18.1 Å². The minimum absolute atomic E-state index is 0.309. The third-order valence-electron chi connectivity index (χ3n) is 2.49. The van der Waals surface area contributed by atoms with Crippen molar-refractivity contribution < 1.29 is 19.0 Å². The largest absolute Gasteiger partial charge is 0.481 e. The Hall–Kier alpha value is -2.11. The van der Waals surface area contributed by atoms with E-state index in [1.54, 1.807) is 25.1 Å². The summed E-state index contributed by atoms with van der Waals surface area (Å²) >= 11 is 0. The van der Waals surface area contributed by atoms with Gasteiger partial charge < -0.3 is 14.2 Å². The highest BCUT2D eigenvalue weighted by atomic mass is 16.5. The fourth-order valence-electron chi connectivity index (χ4n) is 1.67. The first kappa shape index (κ1) is 12.3. The van der Waals surface area contributed by atoms with E-state index in [0.717, 1.165) is 0 Å². The lowest BCUT2D eigenvalue weighted by Gasteiger charge is -2.15. The van der Waals surface area contributed by atoms with Crippen LogP contribution < -0.4 is 4.74 Å². The van der Waals surface area contributed by atoms with Gasteiger partial charge in [0.2, 0.25) is 5.88 Å². The van der Waals surface area contributed by atoms with Crippen LogP contribution in [0.4, 0.5) is 0 Å². The molecule has 2 heterocycles. The molecule has 0 saturated heterocycles. The number of hydrogen-bond acceptors (Lipinski definition) is 6. The van der Waals surface area contributed by atoms with Crippen molar-refractivity contribution in [2.24, 2.45) is 4.99 Å². The molecule has 0 fully saturated rings. The van der Waals surface area contributed by atoms with Gasteiger partial charge in [0.05, 0.1) is 19.4 Å². The normalized spacial score (nSPS) is 21.4. The van der Waals surface area contributed by atoms with Crippen LogP contribution in [0.15, 0.2) is 23.2 Å². The molecule has 1 aliphatic rings. The monoisotopic (exact) mass is 250 g/mol. The minimum atomic E-state index is -0.704. The molecule has 2 atom stereocenters. The standard InChI is InChI=1S/C12H14N2O4/c1-3-17-12(15)10-11(18-7-13-10)8-5-4-6-9(14-8)16-2/h4-7,10-11H,3H2,1-2H3/t10-,11-/m0/s1. The number of rotatable bonds is 4. The van der Waals surface area contributed by atoms with Crippen molar-refractivity contribution in [1.82, 2.24) is 4.98 Å². The number of pyridine rings is 1. The van der Waals surface area contributed by atoms with Crippen LogP contribution in [-0.4, -0.2) is 37.1 Å². The Labute approximate surface area is 105 Å². The predicted molar refractivity (Wildman–Crippen MR) is 63.5 cm³/mol. The first-order chi connectivity index (χ1) is 8.76. The van der Waals surface area contributed by atoms with Gasteiger partial charge in [0.1, 0.15) is 0 Å². The molecular formula is C12H14N2O4. The van der Waals surface area contributed by atoms with Crippen LogP contribution in [0.5, 0.6) is 5.88 Å². The Morgan fingerprint density at radius 2 is 2.33 bits per heavy atom. The second kappa shape index (κ2) is 5.48. The zero-order chi connectivity index (χ0) is 13.0. The molecule has 1 aromatic rings. The van der Waals surface area contributed by atoms with Crippen LogP contribution in [0.3, 0.4) is 0 Å². The molecule has 0 N–H and O–H groups in total. The second-order valence-electron chi connectivity index (χ2n) is 3.61. The van der Waals surface area contributed by atoms with Crippen molar-refractivity contribution in [3.63, 3.8) is 0 Å². The number of carbonyl (C=O) groups is 1. The van der Waals surface area contributed by atoms with Gasteiger partial charge in [-0.05, 0) is 13.0 Å². The van der Waals surface area contributed by atoms with Gasteiger partial charge in [0, 0.05) is 6.07 Å². The highest BCUT2D eigenvalue weighted by Crippen LogP contribution is 2.27. The first-order valence-electron chi connectivity index (χ1n) is 5.61. The van der Waals surface area contributed by atoms with E-state index in [0.29, 0.717) is 18.2 Å². The number of carbonyl (C=O) groups excluding carboxylic acids is 1. The minimum Gasteiger partial charge on any atom is -0.481 e. The van der Waals surface area contributed by atoms with Crippen molar-refractivity contribution in [3.05, 3.63) is 23.9 Å². The van der Waals surface area contributed by atoms with Gasteiger partial charge in [0.25, 0.3) is 0 Å². The number of esters is 1. The SMILES string of the molecule is CCOC(=O)[C@H]1N=CO[C@H]1c1cccc(OC)n1. The van der Waals surface area contributed by atoms with Gasteiger partial charge in [-0.1, -0.05) is 6.07 Å². The summed E-state index contributed by atoms with van der Waals surface area (Å²) in [5.74, 6) is 0.0477. The average Bonchev–Trinajstić information content (AvgIpc) is 2.88. The van der Waals surface area contributed by atoms with Crippen molar-refractivity contribution in [2.45, 2.75) is 19.1 Å². The van der Waals surface area contributed by atoms with Crippen molar-refractivity contribution >= 4 is 12.4 Å². The number of hydrogen-bond donors (Lipinski definition) is 0. The lowest BCUT2D eigenvalue weighted by molar-refractivity contribution is -0.146. The molecule has 1 aromatic heterocycles. The van der Waals surface area contributed by atoms with Crippen LogP contribution in [0.25, 0.3) is 0 Å². The molecule has 6 heteroatoms. The maximum atomic E-state index is 11.7. The Kier molecular flexibility index (Phi) is 3.76. The quantitative estimate of drug-likeness (QED) is 0.749. The molecule has 6 nitrogen and oxygen atoms in total. The molecule has 0 aliphatic carbocycles. The molecule has 2 rings (SSSR count).